The van der Waals surface area contributed by atoms with Gasteiger partial charge in [-0.05, 0) is 32.3 Å². The number of ether oxygens (including phenoxy) is 2. The molecule has 3 atom stereocenters. The average molecular weight is 344 g/mol. The number of nitrogens with zero attached hydrogens (tertiary/aromatic N) is 4. The number of aryl methyl sites for hydroxylation is 1. The van der Waals surface area contributed by atoms with Crippen LogP contribution >= 0.6 is 0 Å². The predicted octanol–water partition coefficient (Wildman–Crippen LogP) is 2.36. The summed E-state index contributed by atoms with van der Waals surface area (Å²) in [5.41, 5.74) is -0.0982. The van der Waals surface area contributed by atoms with Crippen molar-refractivity contribution in [3.63, 3.8) is 0 Å². The SMILES string of the molecule is CO[C@@]12CC[C@@H](Oc3ccccn3)C[C@@H]1N(Cc1nc(C)no1)CC2. The second-order valence-electron chi connectivity index (χ2n) is 6.92. The molecule has 2 aliphatic rings. The third kappa shape index (κ3) is 3.26. The fourth-order valence-corrected chi connectivity index (χ4v) is 4.22. The molecule has 0 spiro atoms. The summed E-state index contributed by atoms with van der Waals surface area (Å²) in [5.74, 6) is 2.03. The van der Waals surface area contributed by atoms with Gasteiger partial charge in [-0.3, -0.25) is 4.90 Å². The topological polar surface area (TPSA) is 73.5 Å². The Kier molecular flexibility index (Phi) is 4.43. The van der Waals surface area contributed by atoms with Gasteiger partial charge in [0.2, 0.25) is 11.8 Å². The minimum absolute atomic E-state index is 0.0982. The molecule has 25 heavy (non-hydrogen) atoms. The summed E-state index contributed by atoms with van der Waals surface area (Å²) in [5, 5.41) is 3.89. The first-order valence-corrected chi connectivity index (χ1v) is 8.84. The monoisotopic (exact) mass is 344 g/mol. The summed E-state index contributed by atoms with van der Waals surface area (Å²) in [7, 11) is 1.83. The molecule has 0 amide bonds. The maximum Gasteiger partial charge on any atom is 0.240 e. The summed E-state index contributed by atoms with van der Waals surface area (Å²) in [6.45, 7) is 3.47. The van der Waals surface area contributed by atoms with Crippen LogP contribution in [0.4, 0.5) is 0 Å². The van der Waals surface area contributed by atoms with Crippen LogP contribution in [0.25, 0.3) is 0 Å². The molecule has 0 N–H and O–H groups in total. The summed E-state index contributed by atoms with van der Waals surface area (Å²) >= 11 is 0. The van der Waals surface area contributed by atoms with E-state index in [9.17, 15) is 0 Å². The fraction of sp³-hybridized carbons (Fsp3) is 0.611. The zero-order chi connectivity index (χ0) is 17.3. The van der Waals surface area contributed by atoms with Crippen molar-refractivity contribution >= 4 is 0 Å². The maximum atomic E-state index is 6.11. The van der Waals surface area contributed by atoms with E-state index in [1.54, 1.807) is 6.20 Å². The maximum absolute atomic E-state index is 6.11. The van der Waals surface area contributed by atoms with Gasteiger partial charge in [0.05, 0.1) is 12.1 Å². The number of hydrogen-bond acceptors (Lipinski definition) is 7. The minimum Gasteiger partial charge on any atom is -0.474 e. The van der Waals surface area contributed by atoms with Crippen LogP contribution < -0.4 is 4.74 Å². The molecule has 3 heterocycles. The molecule has 7 nitrogen and oxygen atoms in total. The van der Waals surface area contributed by atoms with Gasteiger partial charge in [-0.25, -0.2) is 4.98 Å². The fourth-order valence-electron chi connectivity index (χ4n) is 4.22. The van der Waals surface area contributed by atoms with E-state index < -0.39 is 0 Å². The normalized spacial score (nSPS) is 29.5. The number of aromatic nitrogens is 3. The first-order valence-electron chi connectivity index (χ1n) is 8.84. The van der Waals surface area contributed by atoms with Crippen LogP contribution in [-0.2, 0) is 11.3 Å². The van der Waals surface area contributed by atoms with E-state index in [4.69, 9.17) is 14.0 Å². The highest BCUT2D eigenvalue weighted by atomic mass is 16.5. The minimum atomic E-state index is -0.0982. The molecule has 7 heteroatoms. The zero-order valence-electron chi connectivity index (χ0n) is 14.7. The summed E-state index contributed by atoms with van der Waals surface area (Å²) in [6.07, 6.45) is 5.82. The Morgan fingerprint density at radius 2 is 2.28 bits per heavy atom. The highest BCUT2D eigenvalue weighted by Gasteiger charge is 2.51. The molecule has 1 saturated heterocycles. The molecule has 1 aliphatic carbocycles. The molecule has 1 saturated carbocycles. The smallest absolute Gasteiger partial charge is 0.240 e. The number of fused-ring (bicyclic) bond motifs is 1. The van der Waals surface area contributed by atoms with Gasteiger partial charge in [0.15, 0.2) is 5.82 Å². The van der Waals surface area contributed by atoms with Crippen molar-refractivity contribution in [3.8, 4) is 5.88 Å². The van der Waals surface area contributed by atoms with Gasteiger partial charge in [0.1, 0.15) is 6.10 Å². The van der Waals surface area contributed by atoms with Crippen LogP contribution in [0.15, 0.2) is 28.9 Å². The molecule has 1 aliphatic heterocycles. The Morgan fingerprint density at radius 3 is 3.00 bits per heavy atom. The van der Waals surface area contributed by atoms with Gasteiger partial charge in [0.25, 0.3) is 0 Å². The number of rotatable bonds is 5. The van der Waals surface area contributed by atoms with Gasteiger partial charge in [-0.2, -0.15) is 4.98 Å². The molecule has 0 bridgehead atoms. The Bertz CT molecular complexity index is 707. The second-order valence-corrected chi connectivity index (χ2v) is 6.92. The van der Waals surface area contributed by atoms with Crippen molar-refractivity contribution in [2.24, 2.45) is 0 Å². The number of methoxy groups -OCH3 is 1. The van der Waals surface area contributed by atoms with Gasteiger partial charge in [-0.1, -0.05) is 11.2 Å². The van der Waals surface area contributed by atoms with Crippen molar-refractivity contribution < 1.29 is 14.0 Å². The molecule has 0 unspecified atom stereocenters. The van der Waals surface area contributed by atoms with Crippen LogP contribution in [0.3, 0.4) is 0 Å². The van der Waals surface area contributed by atoms with E-state index in [0.717, 1.165) is 32.2 Å². The zero-order valence-corrected chi connectivity index (χ0v) is 14.7. The number of hydrogen-bond donors (Lipinski definition) is 0. The molecule has 2 aromatic heterocycles. The standard InChI is InChI=1S/C18H24N4O3/c1-13-20-17(25-21-13)12-22-10-8-18(23-2)7-6-14(11-15(18)22)24-16-5-3-4-9-19-16/h3-5,9,14-15H,6-8,10-12H2,1-2H3/t14-,15+,18-/m1/s1. The van der Waals surface area contributed by atoms with Gasteiger partial charge in [-0.15, -0.1) is 0 Å². The Morgan fingerprint density at radius 1 is 1.36 bits per heavy atom. The summed E-state index contributed by atoms with van der Waals surface area (Å²) in [6, 6.07) is 6.04. The lowest BCUT2D eigenvalue weighted by Gasteiger charge is -2.43. The third-order valence-electron chi connectivity index (χ3n) is 5.49. The van der Waals surface area contributed by atoms with Gasteiger partial charge in [0, 0.05) is 38.4 Å². The molecule has 0 radical (unpaired) electrons. The van der Waals surface area contributed by atoms with Crippen molar-refractivity contribution in [2.75, 3.05) is 13.7 Å². The molecule has 134 valence electrons. The highest BCUT2D eigenvalue weighted by Crippen LogP contribution is 2.43. The van der Waals surface area contributed by atoms with Crippen LogP contribution in [0.5, 0.6) is 5.88 Å². The summed E-state index contributed by atoms with van der Waals surface area (Å²) in [4.78, 5) is 11.0. The first-order chi connectivity index (χ1) is 12.2. The van der Waals surface area contributed by atoms with Crippen LogP contribution in [0, 0.1) is 6.92 Å². The van der Waals surface area contributed by atoms with Crippen LogP contribution in [0.1, 0.15) is 37.4 Å². The van der Waals surface area contributed by atoms with E-state index in [-0.39, 0.29) is 17.7 Å². The molecular formula is C18H24N4O3. The van der Waals surface area contributed by atoms with E-state index in [1.165, 1.54) is 0 Å². The van der Waals surface area contributed by atoms with Crippen LogP contribution in [0.2, 0.25) is 0 Å². The molecule has 0 aromatic carbocycles. The number of likely N-dealkylation sites (tertiary alicyclic amines) is 1. The van der Waals surface area contributed by atoms with Crippen molar-refractivity contribution in [1.29, 1.82) is 0 Å². The largest absolute Gasteiger partial charge is 0.474 e. The molecular weight excluding hydrogens is 320 g/mol. The van der Waals surface area contributed by atoms with Crippen molar-refractivity contribution in [1.82, 2.24) is 20.0 Å². The van der Waals surface area contributed by atoms with Crippen molar-refractivity contribution in [3.05, 3.63) is 36.1 Å². The predicted molar refractivity (Wildman–Crippen MR) is 90.1 cm³/mol. The van der Waals surface area contributed by atoms with E-state index in [2.05, 4.69) is 20.0 Å². The lowest BCUT2D eigenvalue weighted by molar-refractivity contribution is -0.0851. The number of pyridine rings is 1. The first kappa shape index (κ1) is 16.5. The average Bonchev–Trinajstić information content (AvgIpc) is 3.21. The van der Waals surface area contributed by atoms with E-state index in [0.29, 0.717) is 24.1 Å². The lowest BCUT2D eigenvalue weighted by Crippen LogP contribution is -2.52. The second kappa shape index (κ2) is 6.72. The van der Waals surface area contributed by atoms with E-state index >= 15 is 0 Å². The Balaban J connectivity index is 1.48. The van der Waals surface area contributed by atoms with Gasteiger partial charge >= 0.3 is 0 Å². The molecule has 2 aromatic rings. The van der Waals surface area contributed by atoms with Crippen molar-refractivity contribution in [2.45, 2.75) is 56.9 Å². The van der Waals surface area contributed by atoms with Crippen LogP contribution in [-0.4, -0.2) is 51.4 Å². The highest BCUT2D eigenvalue weighted by molar-refractivity contribution is 5.12. The Labute approximate surface area is 147 Å². The van der Waals surface area contributed by atoms with Gasteiger partial charge < -0.3 is 14.0 Å². The molecule has 4 rings (SSSR count). The quantitative estimate of drug-likeness (QED) is 0.824. The summed E-state index contributed by atoms with van der Waals surface area (Å²) < 4.78 is 17.4. The van der Waals surface area contributed by atoms with E-state index in [1.807, 2.05) is 32.2 Å². The molecule has 2 fully saturated rings. The third-order valence-corrected chi connectivity index (χ3v) is 5.49. The Hall–Kier alpha value is -1.99. The lowest BCUT2D eigenvalue weighted by atomic mass is 9.79.